The minimum Gasteiger partial charge on any atom is -0.379 e. The van der Waals surface area contributed by atoms with E-state index in [1.165, 1.54) is 6.07 Å². The van der Waals surface area contributed by atoms with Crippen molar-refractivity contribution in [3.8, 4) is 0 Å². The molecule has 2 heterocycles. The minimum atomic E-state index is -4.11. The average molecular weight is 463 g/mol. The van der Waals surface area contributed by atoms with Crippen LogP contribution in [0.4, 0.5) is 10.1 Å². The molecule has 2 aliphatic heterocycles. The normalized spacial score (nSPS) is 29.6. The maximum atomic E-state index is 14.3. The first-order valence-corrected chi connectivity index (χ1v) is 11.9. The zero-order chi connectivity index (χ0) is 22.6. The Kier molecular flexibility index (Phi) is 5.14. The van der Waals surface area contributed by atoms with Gasteiger partial charge in [-0.05, 0) is 36.5 Å². The summed E-state index contributed by atoms with van der Waals surface area (Å²) in [6.07, 6.45) is 4.73. The van der Waals surface area contributed by atoms with Crippen LogP contribution in [-0.4, -0.2) is 68.2 Å². The Morgan fingerprint density at radius 3 is 2.34 bits per heavy atom. The number of hydrogen-bond donors (Lipinski definition) is 1. The highest BCUT2D eigenvalue weighted by atomic mass is 32.2. The van der Waals surface area contributed by atoms with Gasteiger partial charge in [-0.3, -0.25) is 19.3 Å². The lowest BCUT2D eigenvalue weighted by Crippen LogP contribution is -2.41. The third-order valence-electron chi connectivity index (χ3n) is 6.67. The summed E-state index contributed by atoms with van der Waals surface area (Å²) < 4.78 is 46.2. The fraction of sp³-hybridized carbons (Fsp3) is 0.476. The number of benzene rings is 1. The smallest absolute Gasteiger partial charge is 0.246 e. The molecule has 1 saturated carbocycles. The number of ether oxygens (including phenoxy) is 1. The lowest BCUT2D eigenvalue weighted by atomic mass is 9.85. The second-order valence-corrected chi connectivity index (χ2v) is 10.4. The van der Waals surface area contributed by atoms with Crippen LogP contribution in [0.3, 0.4) is 0 Å². The minimum absolute atomic E-state index is 0.0413. The molecule has 11 heteroatoms. The van der Waals surface area contributed by atoms with Gasteiger partial charge in [-0.1, -0.05) is 12.2 Å². The monoisotopic (exact) mass is 463 g/mol. The second-order valence-electron chi connectivity index (χ2n) is 8.47. The van der Waals surface area contributed by atoms with Crippen LogP contribution in [0.1, 0.15) is 6.42 Å². The molecule has 1 N–H and O–H groups in total. The summed E-state index contributed by atoms with van der Waals surface area (Å²) in [7, 11) is -4.11. The summed E-state index contributed by atoms with van der Waals surface area (Å²) in [5.41, 5.74) is 0.0595. The number of likely N-dealkylation sites (tertiary alicyclic amines) is 1. The van der Waals surface area contributed by atoms with Gasteiger partial charge in [0.2, 0.25) is 27.7 Å². The third kappa shape index (κ3) is 3.35. The summed E-state index contributed by atoms with van der Waals surface area (Å²) in [5, 5.41) is 2.48. The predicted octanol–water partition coefficient (Wildman–Crippen LogP) is 0.592. The van der Waals surface area contributed by atoms with Gasteiger partial charge in [-0.25, -0.2) is 12.8 Å². The molecule has 4 aliphatic rings. The number of morpholine rings is 1. The molecule has 5 rings (SSSR count). The predicted molar refractivity (Wildman–Crippen MR) is 109 cm³/mol. The Balaban J connectivity index is 1.30. The number of nitrogens with one attached hydrogen (secondary N) is 1. The number of carbonyl (C=O) groups is 3. The summed E-state index contributed by atoms with van der Waals surface area (Å²) in [4.78, 5) is 38.4. The molecule has 1 aromatic carbocycles. The summed E-state index contributed by atoms with van der Waals surface area (Å²) in [5.74, 6) is -3.01. The molecule has 2 bridgehead atoms. The van der Waals surface area contributed by atoms with Gasteiger partial charge >= 0.3 is 0 Å². The van der Waals surface area contributed by atoms with E-state index in [0.29, 0.717) is 0 Å². The summed E-state index contributed by atoms with van der Waals surface area (Å²) in [6, 6.07) is 3.24. The molecule has 32 heavy (non-hydrogen) atoms. The van der Waals surface area contributed by atoms with Crippen molar-refractivity contribution in [1.29, 1.82) is 0 Å². The van der Waals surface area contributed by atoms with Crippen LogP contribution in [0, 0.1) is 29.5 Å². The van der Waals surface area contributed by atoms with Crippen molar-refractivity contribution in [3.05, 3.63) is 36.2 Å². The van der Waals surface area contributed by atoms with Crippen molar-refractivity contribution in [1.82, 2.24) is 9.21 Å². The summed E-state index contributed by atoms with van der Waals surface area (Å²) in [6.45, 7) is 0.184. The Hall–Kier alpha value is -2.63. The van der Waals surface area contributed by atoms with Gasteiger partial charge in [-0.2, -0.15) is 4.31 Å². The number of carbonyl (C=O) groups excluding carboxylic acids is 3. The highest BCUT2D eigenvalue weighted by Crippen LogP contribution is 2.52. The highest BCUT2D eigenvalue weighted by molar-refractivity contribution is 7.89. The van der Waals surface area contributed by atoms with Crippen LogP contribution in [0.25, 0.3) is 0 Å². The Morgan fingerprint density at radius 2 is 1.72 bits per heavy atom. The fourth-order valence-electron chi connectivity index (χ4n) is 5.17. The van der Waals surface area contributed by atoms with Crippen molar-refractivity contribution in [2.75, 3.05) is 38.2 Å². The molecular weight excluding hydrogens is 441 g/mol. The van der Waals surface area contributed by atoms with E-state index in [4.69, 9.17) is 4.74 Å². The van der Waals surface area contributed by atoms with E-state index in [1.807, 2.05) is 12.2 Å². The van der Waals surface area contributed by atoms with E-state index >= 15 is 0 Å². The number of fused-ring (bicyclic) bond motifs is 5. The molecule has 0 spiro atoms. The van der Waals surface area contributed by atoms with Crippen LogP contribution in [0.5, 0.6) is 0 Å². The second kappa shape index (κ2) is 7.75. The van der Waals surface area contributed by atoms with Crippen molar-refractivity contribution in [2.45, 2.75) is 11.3 Å². The van der Waals surface area contributed by atoms with Crippen LogP contribution >= 0.6 is 0 Å². The molecule has 3 fully saturated rings. The molecule has 0 unspecified atom stereocenters. The molecule has 0 aromatic heterocycles. The van der Waals surface area contributed by atoms with E-state index in [1.54, 1.807) is 0 Å². The van der Waals surface area contributed by atoms with Crippen LogP contribution in [0.15, 0.2) is 35.2 Å². The molecule has 9 nitrogen and oxygen atoms in total. The number of halogens is 1. The average Bonchev–Trinajstić information content (AvgIpc) is 3.46. The van der Waals surface area contributed by atoms with E-state index in [-0.39, 0.29) is 55.6 Å². The van der Waals surface area contributed by atoms with E-state index < -0.39 is 45.0 Å². The largest absolute Gasteiger partial charge is 0.379 e. The van der Waals surface area contributed by atoms with E-state index in [0.717, 1.165) is 27.8 Å². The number of rotatable bonds is 5. The quantitative estimate of drug-likeness (QED) is 0.505. The SMILES string of the molecule is O=C(CN1C(=O)[C@@H]2[C@H](C1=O)[C@H]1C=C[C@H]2C1)Nc1ccc(F)c(S(=O)(=O)N2CCOCC2)c1. The Bertz CT molecular complexity index is 1100. The highest BCUT2D eigenvalue weighted by Gasteiger charge is 2.59. The van der Waals surface area contributed by atoms with Crippen molar-refractivity contribution in [3.63, 3.8) is 0 Å². The first kappa shape index (κ1) is 21.2. The van der Waals surface area contributed by atoms with Gasteiger partial charge in [0.25, 0.3) is 0 Å². The van der Waals surface area contributed by atoms with Gasteiger partial charge in [-0.15, -0.1) is 0 Å². The van der Waals surface area contributed by atoms with Crippen LogP contribution in [0.2, 0.25) is 0 Å². The summed E-state index contributed by atoms with van der Waals surface area (Å²) >= 11 is 0. The topological polar surface area (TPSA) is 113 Å². The van der Waals surface area contributed by atoms with Gasteiger partial charge in [0.1, 0.15) is 17.3 Å². The molecule has 2 aliphatic carbocycles. The van der Waals surface area contributed by atoms with E-state index in [9.17, 15) is 27.2 Å². The maximum Gasteiger partial charge on any atom is 0.246 e. The van der Waals surface area contributed by atoms with Crippen LogP contribution in [-0.2, 0) is 29.1 Å². The van der Waals surface area contributed by atoms with Gasteiger partial charge in [0.05, 0.1) is 25.0 Å². The molecule has 1 aromatic rings. The third-order valence-corrected chi connectivity index (χ3v) is 8.58. The number of imide groups is 1. The number of hydrogen-bond acceptors (Lipinski definition) is 6. The number of amides is 3. The standard InChI is InChI=1S/C21H22FN3O6S/c22-15-4-3-14(10-16(15)32(29,30)24-5-7-31-8-6-24)23-17(26)11-25-20(27)18-12-1-2-13(9-12)19(18)21(25)28/h1-4,10,12-13,18-19H,5-9,11H2,(H,23,26)/t12-,13-,18-,19+/m0/s1. The molecule has 4 atom stereocenters. The van der Waals surface area contributed by atoms with Crippen molar-refractivity contribution >= 4 is 33.4 Å². The van der Waals surface area contributed by atoms with Crippen molar-refractivity contribution in [2.24, 2.45) is 23.7 Å². The zero-order valence-corrected chi connectivity index (χ0v) is 17.9. The van der Waals surface area contributed by atoms with Gasteiger partial charge in [0.15, 0.2) is 0 Å². The Labute approximate surface area is 184 Å². The molecule has 2 saturated heterocycles. The number of anilines is 1. The molecule has 0 radical (unpaired) electrons. The molecule has 170 valence electrons. The lowest BCUT2D eigenvalue weighted by molar-refractivity contribution is -0.143. The van der Waals surface area contributed by atoms with Gasteiger partial charge in [0, 0.05) is 18.8 Å². The Morgan fingerprint density at radius 1 is 1.09 bits per heavy atom. The lowest BCUT2D eigenvalue weighted by Gasteiger charge is -2.26. The number of sulfonamides is 1. The number of allylic oxidation sites excluding steroid dienone is 2. The van der Waals surface area contributed by atoms with Crippen molar-refractivity contribution < 1.29 is 31.9 Å². The zero-order valence-electron chi connectivity index (χ0n) is 17.1. The van der Waals surface area contributed by atoms with E-state index in [2.05, 4.69) is 5.32 Å². The van der Waals surface area contributed by atoms with Crippen LogP contribution < -0.4 is 5.32 Å². The first-order chi connectivity index (χ1) is 15.3. The molecular formula is C21H22FN3O6S. The fourth-order valence-corrected chi connectivity index (χ4v) is 6.67. The molecule has 3 amide bonds. The number of nitrogens with zero attached hydrogens (tertiary/aromatic N) is 2. The first-order valence-electron chi connectivity index (χ1n) is 10.5. The van der Waals surface area contributed by atoms with Gasteiger partial charge < -0.3 is 10.1 Å². The maximum absolute atomic E-state index is 14.3.